The molecule has 0 saturated carbocycles. The second-order valence-electron chi connectivity index (χ2n) is 4.92. The molecule has 1 aromatic heterocycles. The Morgan fingerprint density at radius 2 is 2.00 bits per heavy atom. The standard InChI is InChI=1S/C16H19N3O3/c1-11-4-6-12(7-5-11)13-10-18-15(14(17)21)19-16(13)22-9-3-2-8-20/h4-7,10,20H,2-3,8-9H2,1H3,(H2,17,21). The van der Waals surface area contributed by atoms with Crippen LogP contribution in [0.5, 0.6) is 5.88 Å². The van der Waals surface area contributed by atoms with Gasteiger partial charge in [0, 0.05) is 12.8 Å². The van der Waals surface area contributed by atoms with E-state index < -0.39 is 5.91 Å². The largest absolute Gasteiger partial charge is 0.477 e. The van der Waals surface area contributed by atoms with Gasteiger partial charge in [0.25, 0.3) is 5.91 Å². The van der Waals surface area contributed by atoms with Crippen molar-refractivity contribution in [3.8, 4) is 17.0 Å². The zero-order valence-electron chi connectivity index (χ0n) is 12.5. The minimum Gasteiger partial charge on any atom is -0.477 e. The number of nitrogens with zero attached hydrogens (tertiary/aromatic N) is 2. The van der Waals surface area contributed by atoms with Crippen LogP contribution < -0.4 is 10.5 Å². The fraction of sp³-hybridized carbons (Fsp3) is 0.312. The monoisotopic (exact) mass is 301 g/mol. The summed E-state index contributed by atoms with van der Waals surface area (Å²) in [4.78, 5) is 19.3. The number of amides is 1. The van der Waals surface area contributed by atoms with E-state index in [0.29, 0.717) is 30.9 Å². The molecule has 0 radical (unpaired) electrons. The maximum Gasteiger partial charge on any atom is 0.286 e. The first kappa shape index (κ1) is 15.9. The van der Waals surface area contributed by atoms with Gasteiger partial charge < -0.3 is 15.6 Å². The number of ether oxygens (including phenoxy) is 1. The van der Waals surface area contributed by atoms with Crippen LogP contribution in [0.4, 0.5) is 0 Å². The number of hydrogen-bond donors (Lipinski definition) is 2. The maximum atomic E-state index is 11.2. The van der Waals surface area contributed by atoms with Crippen molar-refractivity contribution in [2.24, 2.45) is 5.73 Å². The molecule has 2 rings (SSSR count). The lowest BCUT2D eigenvalue weighted by molar-refractivity contribution is 0.0989. The summed E-state index contributed by atoms with van der Waals surface area (Å²) in [6.45, 7) is 2.52. The molecule has 0 unspecified atom stereocenters. The van der Waals surface area contributed by atoms with Crippen molar-refractivity contribution in [1.82, 2.24) is 9.97 Å². The Morgan fingerprint density at radius 3 is 2.64 bits per heavy atom. The third-order valence-electron chi connectivity index (χ3n) is 3.13. The Morgan fingerprint density at radius 1 is 1.27 bits per heavy atom. The molecule has 0 bridgehead atoms. The van der Waals surface area contributed by atoms with E-state index in [2.05, 4.69) is 9.97 Å². The molecule has 0 aliphatic rings. The molecule has 0 spiro atoms. The number of benzene rings is 1. The summed E-state index contributed by atoms with van der Waals surface area (Å²) < 4.78 is 5.64. The van der Waals surface area contributed by atoms with Gasteiger partial charge >= 0.3 is 0 Å². The Bertz CT molecular complexity index is 642. The first-order chi connectivity index (χ1) is 10.6. The van der Waals surface area contributed by atoms with Crippen LogP contribution in [0.2, 0.25) is 0 Å². The van der Waals surface area contributed by atoms with E-state index in [4.69, 9.17) is 15.6 Å². The molecule has 2 aromatic rings. The van der Waals surface area contributed by atoms with Crippen LogP contribution in [0.1, 0.15) is 29.0 Å². The maximum absolute atomic E-state index is 11.2. The molecule has 6 heteroatoms. The summed E-state index contributed by atoms with van der Waals surface area (Å²) in [5.74, 6) is -0.450. The number of aryl methyl sites for hydroxylation is 1. The molecule has 0 fully saturated rings. The van der Waals surface area contributed by atoms with E-state index >= 15 is 0 Å². The number of primary amides is 1. The Labute approximate surface area is 129 Å². The number of aliphatic hydroxyl groups excluding tert-OH is 1. The lowest BCUT2D eigenvalue weighted by Gasteiger charge is -2.11. The van der Waals surface area contributed by atoms with Crippen LogP contribution in [0.25, 0.3) is 11.1 Å². The highest BCUT2D eigenvalue weighted by Crippen LogP contribution is 2.28. The van der Waals surface area contributed by atoms with E-state index in [9.17, 15) is 4.79 Å². The van der Waals surface area contributed by atoms with Gasteiger partial charge in [-0.05, 0) is 25.3 Å². The Balaban J connectivity index is 2.30. The number of hydrogen-bond acceptors (Lipinski definition) is 5. The summed E-state index contributed by atoms with van der Waals surface area (Å²) in [7, 11) is 0. The van der Waals surface area contributed by atoms with Gasteiger partial charge in [-0.2, -0.15) is 4.98 Å². The third-order valence-corrected chi connectivity index (χ3v) is 3.13. The molecule has 1 amide bonds. The first-order valence-electron chi connectivity index (χ1n) is 7.09. The predicted molar refractivity (Wildman–Crippen MR) is 82.5 cm³/mol. The smallest absolute Gasteiger partial charge is 0.286 e. The molecular weight excluding hydrogens is 282 g/mol. The molecular formula is C16H19N3O3. The highest BCUT2D eigenvalue weighted by molar-refractivity contribution is 5.89. The van der Waals surface area contributed by atoms with E-state index in [-0.39, 0.29) is 12.4 Å². The molecule has 3 N–H and O–H groups in total. The minimum atomic E-state index is -0.698. The summed E-state index contributed by atoms with van der Waals surface area (Å²) in [6, 6.07) is 7.84. The van der Waals surface area contributed by atoms with Crippen LogP contribution in [0.15, 0.2) is 30.5 Å². The van der Waals surface area contributed by atoms with Gasteiger partial charge in [-0.1, -0.05) is 29.8 Å². The quantitative estimate of drug-likeness (QED) is 0.758. The van der Waals surface area contributed by atoms with Gasteiger partial charge in [0.1, 0.15) is 0 Å². The number of nitrogens with two attached hydrogens (primary N) is 1. The van der Waals surface area contributed by atoms with Crippen molar-refractivity contribution in [2.45, 2.75) is 19.8 Å². The van der Waals surface area contributed by atoms with Crippen molar-refractivity contribution >= 4 is 5.91 Å². The minimum absolute atomic E-state index is 0.0759. The van der Waals surface area contributed by atoms with Crippen LogP contribution >= 0.6 is 0 Å². The molecule has 1 aromatic carbocycles. The Hall–Kier alpha value is -2.47. The van der Waals surface area contributed by atoms with Gasteiger partial charge in [-0.3, -0.25) is 4.79 Å². The highest BCUT2D eigenvalue weighted by Gasteiger charge is 2.13. The van der Waals surface area contributed by atoms with Crippen LogP contribution in [-0.2, 0) is 0 Å². The molecule has 0 atom stereocenters. The average Bonchev–Trinajstić information content (AvgIpc) is 2.52. The van der Waals surface area contributed by atoms with E-state index in [1.54, 1.807) is 6.20 Å². The Kier molecular flexibility index (Phi) is 5.43. The third kappa shape index (κ3) is 4.02. The molecule has 6 nitrogen and oxygen atoms in total. The number of aromatic nitrogens is 2. The average molecular weight is 301 g/mol. The summed E-state index contributed by atoms with van der Waals surface area (Å²) in [6.07, 6.45) is 2.88. The second kappa shape index (κ2) is 7.51. The fourth-order valence-corrected chi connectivity index (χ4v) is 1.91. The zero-order valence-corrected chi connectivity index (χ0v) is 12.5. The second-order valence-corrected chi connectivity index (χ2v) is 4.92. The van der Waals surface area contributed by atoms with Crippen molar-refractivity contribution in [3.63, 3.8) is 0 Å². The van der Waals surface area contributed by atoms with Crippen LogP contribution in [0.3, 0.4) is 0 Å². The number of unbranched alkanes of at least 4 members (excludes halogenated alkanes) is 1. The van der Waals surface area contributed by atoms with Crippen LogP contribution in [0, 0.1) is 6.92 Å². The number of carbonyl (C=O) groups is 1. The number of rotatable bonds is 7. The summed E-state index contributed by atoms with van der Waals surface area (Å²) in [5, 5.41) is 8.80. The molecule has 0 aliphatic carbocycles. The fourth-order valence-electron chi connectivity index (χ4n) is 1.91. The van der Waals surface area contributed by atoms with E-state index in [1.807, 2.05) is 31.2 Å². The van der Waals surface area contributed by atoms with Gasteiger partial charge in [-0.15, -0.1) is 0 Å². The van der Waals surface area contributed by atoms with Gasteiger partial charge in [0.15, 0.2) is 0 Å². The zero-order chi connectivity index (χ0) is 15.9. The first-order valence-corrected chi connectivity index (χ1v) is 7.09. The van der Waals surface area contributed by atoms with Gasteiger partial charge in [0.05, 0.1) is 12.2 Å². The highest BCUT2D eigenvalue weighted by atomic mass is 16.5. The van der Waals surface area contributed by atoms with Crippen molar-refractivity contribution in [3.05, 3.63) is 41.9 Å². The van der Waals surface area contributed by atoms with Crippen LogP contribution in [-0.4, -0.2) is 34.2 Å². The van der Waals surface area contributed by atoms with Gasteiger partial charge in [0.2, 0.25) is 11.7 Å². The van der Waals surface area contributed by atoms with Gasteiger partial charge in [-0.25, -0.2) is 4.98 Å². The topological polar surface area (TPSA) is 98.3 Å². The normalized spacial score (nSPS) is 10.5. The lowest BCUT2D eigenvalue weighted by Crippen LogP contribution is -2.16. The van der Waals surface area contributed by atoms with Crippen molar-refractivity contribution in [2.75, 3.05) is 13.2 Å². The van der Waals surface area contributed by atoms with Crippen molar-refractivity contribution < 1.29 is 14.6 Å². The number of aliphatic hydroxyl groups is 1. The summed E-state index contributed by atoms with van der Waals surface area (Å²) in [5.41, 5.74) is 7.96. The summed E-state index contributed by atoms with van der Waals surface area (Å²) >= 11 is 0. The van der Waals surface area contributed by atoms with E-state index in [0.717, 1.165) is 11.1 Å². The lowest BCUT2D eigenvalue weighted by atomic mass is 10.1. The molecule has 116 valence electrons. The molecule has 1 heterocycles. The molecule has 0 saturated heterocycles. The number of carbonyl (C=O) groups excluding carboxylic acids is 1. The predicted octanol–water partition coefficient (Wildman–Crippen LogP) is 1.70. The SMILES string of the molecule is Cc1ccc(-c2cnc(C(N)=O)nc2OCCCCO)cc1. The molecule has 22 heavy (non-hydrogen) atoms. The van der Waals surface area contributed by atoms with Crippen molar-refractivity contribution in [1.29, 1.82) is 0 Å². The van der Waals surface area contributed by atoms with E-state index in [1.165, 1.54) is 0 Å². The molecule has 0 aliphatic heterocycles.